The Bertz CT molecular complexity index is 128. The molecule has 1 aliphatic rings. The normalized spacial score (nSPS) is 20.2. The fourth-order valence-corrected chi connectivity index (χ4v) is 3.40. The van der Waals surface area contributed by atoms with Gasteiger partial charge in [0.1, 0.15) is 0 Å². The van der Waals surface area contributed by atoms with Gasteiger partial charge in [0.2, 0.25) is 0 Å². The minimum Gasteiger partial charge on any atom is -0.398 e. The maximum absolute atomic E-state index is 5.41. The summed E-state index contributed by atoms with van der Waals surface area (Å²) in [7, 11) is 1.61. The lowest BCUT2D eigenvalue weighted by atomic mass is 10.1. The van der Waals surface area contributed by atoms with Crippen molar-refractivity contribution in [1.82, 2.24) is 0 Å². The molecule has 1 radical (unpaired) electrons. The minimum atomic E-state index is -1.89. The molecule has 0 spiro atoms. The lowest BCUT2D eigenvalue weighted by Gasteiger charge is -2.25. The summed E-state index contributed by atoms with van der Waals surface area (Å²) < 4.78 is 10.8. The average molecular weight is 187 g/mol. The minimum absolute atomic E-state index is 0.751. The van der Waals surface area contributed by atoms with Crippen LogP contribution in [0.1, 0.15) is 25.7 Å². The molecule has 3 heteroatoms. The fourth-order valence-electron chi connectivity index (χ4n) is 1.77. The molecule has 0 heterocycles. The van der Waals surface area contributed by atoms with Crippen molar-refractivity contribution in [1.29, 1.82) is 0 Å². The van der Waals surface area contributed by atoms with E-state index in [2.05, 4.69) is 12.6 Å². The highest BCUT2D eigenvalue weighted by Gasteiger charge is 2.33. The third-order valence-corrected chi connectivity index (χ3v) is 5.45. The van der Waals surface area contributed by atoms with Crippen LogP contribution in [0.2, 0.25) is 6.55 Å². The summed E-state index contributed by atoms with van der Waals surface area (Å²) in [6, 6.07) is 2.33. The van der Waals surface area contributed by atoms with Crippen molar-refractivity contribution >= 4 is 8.56 Å². The molecule has 0 unspecified atom stereocenters. The molecule has 1 saturated carbocycles. The van der Waals surface area contributed by atoms with Crippen LogP contribution in [0.3, 0.4) is 0 Å². The van der Waals surface area contributed by atoms with E-state index in [0.717, 1.165) is 5.92 Å². The molecule has 1 rings (SSSR count). The molecule has 0 aromatic heterocycles. The van der Waals surface area contributed by atoms with E-state index >= 15 is 0 Å². The summed E-state index contributed by atoms with van der Waals surface area (Å²) in [6.07, 6.45) is 5.41. The first-order chi connectivity index (χ1) is 5.70. The van der Waals surface area contributed by atoms with Gasteiger partial charge in [-0.1, -0.05) is 25.7 Å². The van der Waals surface area contributed by atoms with E-state index in [1.165, 1.54) is 25.7 Å². The van der Waals surface area contributed by atoms with Crippen molar-refractivity contribution in [3.63, 3.8) is 0 Å². The van der Waals surface area contributed by atoms with Crippen LogP contribution < -0.4 is 0 Å². The molecule has 0 N–H and O–H groups in total. The molecule has 1 fully saturated rings. The summed E-state index contributed by atoms with van der Waals surface area (Å²) in [5, 5.41) is 0. The van der Waals surface area contributed by atoms with Crippen LogP contribution in [0.5, 0.6) is 0 Å². The standard InChI is InChI=1S/C9H19O2Si/c1-10-12(3,11-2)8-9-6-4-5-7-9/h8-9H,4-7H2,1-3H3. The molecule has 1 aliphatic carbocycles. The summed E-state index contributed by atoms with van der Waals surface area (Å²) in [5.41, 5.74) is 0. The van der Waals surface area contributed by atoms with Crippen molar-refractivity contribution in [3.05, 3.63) is 6.04 Å². The van der Waals surface area contributed by atoms with E-state index in [9.17, 15) is 0 Å². The molecule has 71 valence electrons. The Kier molecular flexibility index (Phi) is 3.74. The summed E-state index contributed by atoms with van der Waals surface area (Å²) in [6.45, 7) is 2.10. The highest BCUT2D eigenvalue weighted by molar-refractivity contribution is 6.69. The zero-order valence-electron chi connectivity index (χ0n) is 8.30. The van der Waals surface area contributed by atoms with Gasteiger partial charge in [-0.25, -0.2) is 0 Å². The first kappa shape index (κ1) is 10.2. The maximum Gasteiger partial charge on any atom is 0.338 e. The maximum atomic E-state index is 5.41. The third kappa shape index (κ3) is 2.57. The Hall–Kier alpha value is 0.137. The van der Waals surface area contributed by atoms with Crippen LogP contribution in [0.25, 0.3) is 0 Å². The molecule has 2 nitrogen and oxygen atoms in total. The van der Waals surface area contributed by atoms with Gasteiger partial charge in [-0.2, -0.15) is 0 Å². The summed E-state index contributed by atoms with van der Waals surface area (Å²) in [4.78, 5) is 0. The molecule has 12 heavy (non-hydrogen) atoms. The molecule has 0 aliphatic heterocycles. The van der Waals surface area contributed by atoms with Crippen LogP contribution in [-0.2, 0) is 8.85 Å². The van der Waals surface area contributed by atoms with E-state index < -0.39 is 8.56 Å². The highest BCUT2D eigenvalue weighted by atomic mass is 28.4. The second-order valence-corrected chi connectivity index (χ2v) is 6.82. The lowest BCUT2D eigenvalue weighted by molar-refractivity contribution is 0.253. The number of hydrogen-bond donors (Lipinski definition) is 0. The Morgan fingerprint density at radius 2 is 1.67 bits per heavy atom. The largest absolute Gasteiger partial charge is 0.398 e. The number of hydrogen-bond acceptors (Lipinski definition) is 2. The predicted molar refractivity (Wildman–Crippen MR) is 51.9 cm³/mol. The van der Waals surface area contributed by atoms with Crippen molar-refractivity contribution < 1.29 is 8.85 Å². The Balaban J connectivity index is 2.35. The van der Waals surface area contributed by atoms with E-state index in [1.54, 1.807) is 14.2 Å². The first-order valence-corrected chi connectivity index (χ1v) is 7.06. The quantitative estimate of drug-likeness (QED) is 0.629. The molecular formula is C9H19O2Si. The monoisotopic (exact) mass is 187 g/mol. The Morgan fingerprint density at radius 3 is 2.08 bits per heavy atom. The zero-order valence-corrected chi connectivity index (χ0v) is 9.30. The van der Waals surface area contributed by atoms with Gasteiger partial charge < -0.3 is 8.85 Å². The highest BCUT2D eigenvalue weighted by Crippen LogP contribution is 2.30. The van der Waals surface area contributed by atoms with Gasteiger partial charge in [0, 0.05) is 20.3 Å². The molecular weight excluding hydrogens is 168 g/mol. The van der Waals surface area contributed by atoms with Crippen molar-refractivity contribution in [2.24, 2.45) is 5.92 Å². The lowest BCUT2D eigenvalue weighted by Crippen LogP contribution is -2.39. The van der Waals surface area contributed by atoms with Gasteiger partial charge in [0.15, 0.2) is 0 Å². The summed E-state index contributed by atoms with van der Waals surface area (Å²) >= 11 is 0. The topological polar surface area (TPSA) is 18.5 Å². The second kappa shape index (κ2) is 4.39. The summed E-state index contributed by atoms with van der Waals surface area (Å²) in [5.74, 6) is 0.751. The Labute approximate surface area is 76.5 Å². The van der Waals surface area contributed by atoms with Crippen LogP contribution in [0.15, 0.2) is 0 Å². The third-order valence-electron chi connectivity index (χ3n) is 2.75. The van der Waals surface area contributed by atoms with Crippen molar-refractivity contribution in [2.75, 3.05) is 14.2 Å². The van der Waals surface area contributed by atoms with Crippen LogP contribution >= 0.6 is 0 Å². The van der Waals surface area contributed by atoms with Gasteiger partial charge in [-0.05, 0) is 12.5 Å². The van der Waals surface area contributed by atoms with Gasteiger partial charge in [-0.3, -0.25) is 0 Å². The smallest absolute Gasteiger partial charge is 0.338 e. The van der Waals surface area contributed by atoms with Crippen LogP contribution in [0.4, 0.5) is 0 Å². The van der Waals surface area contributed by atoms with E-state index in [1.807, 2.05) is 0 Å². The van der Waals surface area contributed by atoms with Crippen molar-refractivity contribution in [2.45, 2.75) is 32.2 Å². The van der Waals surface area contributed by atoms with Crippen LogP contribution in [0, 0.1) is 12.0 Å². The van der Waals surface area contributed by atoms with E-state index in [0.29, 0.717) is 0 Å². The van der Waals surface area contributed by atoms with Gasteiger partial charge in [0.25, 0.3) is 0 Å². The number of rotatable bonds is 4. The van der Waals surface area contributed by atoms with E-state index in [-0.39, 0.29) is 0 Å². The zero-order chi connectivity index (χ0) is 9.03. The van der Waals surface area contributed by atoms with Gasteiger partial charge in [-0.15, -0.1) is 0 Å². The molecule has 0 bridgehead atoms. The van der Waals surface area contributed by atoms with Gasteiger partial charge in [0.05, 0.1) is 0 Å². The molecule has 0 aromatic rings. The molecule has 0 atom stereocenters. The molecule has 0 amide bonds. The average Bonchev–Trinajstić information content (AvgIpc) is 2.57. The molecule has 0 saturated heterocycles. The van der Waals surface area contributed by atoms with Gasteiger partial charge >= 0.3 is 8.56 Å². The van der Waals surface area contributed by atoms with Crippen molar-refractivity contribution in [3.8, 4) is 0 Å². The Morgan fingerprint density at radius 1 is 1.17 bits per heavy atom. The molecule has 0 aromatic carbocycles. The first-order valence-electron chi connectivity index (χ1n) is 4.66. The van der Waals surface area contributed by atoms with Crippen LogP contribution in [-0.4, -0.2) is 22.8 Å². The SMILES string of the molecule is CO[Si](C)([CH]C1CCCC1)OC. The van der Waals surface area contributed by atoms with E-state index in [4.69, 9.17) is 8.85 Å². The predicted octanol–water partition coefficient (Wildman–Crippen LogP) is 2.28. The second-order valence-electron chi connectivity index (χ2n) is 3.64. The fraction of sp³-hybridized carbons (Fsp3) is 0.889.